The van der Waals surface area contributed by atoms with Crippen LogP contribution in [0, 0.1) is 0 Å². The zero-order chi connectivity index (χ0) is 21.5. The van der Waals surface area contributed by atoms with Crippen LogP contribution in [0.5, 0.6) is 11.5 Å². The van der Waals surface area contributed by atoms with E-state index in [1.54, 1.807) is 54.8 Å². The van der Waals surface area contributed by atoms with Crippen LogP contribution in [0.4, 0.5) is 5.69 Å². The Kier molecular flexibility index (Phi) is 7.13. The molecule has 0 aliphatic carbocycles. The van der Waals surface area contributed by atoms with Crippen LogP contribution in [-0.4, -0.2) is 25.5 Å². The first-order valence-electron chi connectivity index (χ1n) is 9.24. The number of rotatable bonds is 8. The van der Waals surface area contributed by atoms with E-state index in [-0.39, 0.29) is 18.4 Å². The molecule has 1 heterocycles. The highest BCUT2D eigenvalue weighted by molar-refractivity contribution is 9.10. The highest BCUT2D eigenvalue weighted by Crippen LogP contribution is 2.36. The molecule has 3 rings (SSSR count). The number of carbonyl (C=O) groups excluding carboxylic acids is 2. The molecular weight excluding hydrogens is 452 g/mol. The lowest BCUT2D eigenvalue weighted by molar-refractivity contribution is 0.0949. The average molecular weight is 473 g/mol. The highest BCUT2D eigenvalue weighted by Gasteiger charge is 2.18. The lowest BCUT2D eigenvalue weighted by Crippen LogP contribution is -2.24. The largest absolute Gasteiger partial charge is 0.493 e. The molecule has 0 spiro atoms. The number of hydrogen-bond donors (Lipinski definition) is 2. The zero-order valence-corrected chi connectivity index (χ0v) is 18.1. The van der Waals surface area contributed by atoms with E-state index < -0.39 is 0 Å². The lowest BCUT2D eigenvalue weighted by atomic mass is 10.1. The number of benzene rings is 2. The fourth-order valence-corrected chi connectivity index (χ4v) is 3.35. The highest BCUT2D eigenvalue weighted by atomic mass is 79.9. The zero-order valence-electron chi connectivity index (χ0n) is 16.5. The standard InChI is InChI=1S/C22H21BrN2O5/c1-3-29-20-17(23)11-14(12-19(20)28-2)21(26)25-18-9-5-4-8-16(18)22(27)24-13-15-7-6-10-30-15/h4-12H,3,13H2,1-2H3,(H,24,27)(H,25,26). The number of amides is 2. The van der Waals surface area contributed by atoms with E-state index >= 15 is 0 Å². The van der Waals surface area contributed by atoms with E-state index in [1.807, 2.05) is 6.92 Å². The number of para-hydroxylation sites is 1. The van der Waals surface area contributed by atoms with Crippen LogP contribution in [0.25, 0.3) is 0 Å². The van der Waals surface area contributed by atoms with Crippen molar-refractivity contribution in [2.75, 3.05) is 19.0 Å². The Hall–Kier alpha value is -3.26. The summed E-state index contributed by atoms with van der Waals surface area (Å²) >= 11 is 3.41. The second kappa shape index (κ2) is 9.98. The number of anilines is 1. The smallest absolute Gasteiger partial charge is 0.255 e. The number of furan rings is 1. The maximum atomic E-state index is 12.8. The third kappa shape index (κ3) is 5.01. The van der Waals surface area contributed by atoms with E-state index in [1.165, 1.54) is 7.11 Å². The molecule has 0 fully saturated rings. The van der Waals surface area contributed by atoms with Gasteiger partial charge in [-0.25, -0.2) is 0 Å². The van der Waals surface area contributed by atoms with Gasteiger partial charge in [-0.1, -0.05) is 12.1 Å². The van der Waals surface area contributed by atoms with Gasteiger partial charge >= 0.3 is 0 Å². The second-order valence-corrected chi connectivity index (χ2v) is 7.04. The van der Waals surface area contributed by atoms with Crippen molar-refractivity contribution < 1.29 is 23.5 Å². The normalized spacial score (nSPS) is 10.4. The van der Waals surface area contributed by atoms with Gasteiger partial charge in [-0.15, -0.1) is 0 Å². The molecule has 0 saturated heterocycles. The predicted molar refractivity (Wildman–Crippen MR) is 116 cm³/mol. The lowest BCUT2D eigenvalue weighted by Gasteiger charge is -2.14. The Labute approximate surface area is 182 Å². The van der Waals surface area contributed by atoms with Crippen molar-refractivity contribution in [3.8, 4) is 11.5 Å². The summed E-state index contributed by atoms with van der Waals surface area (Å²) in [5.41, 5.74) is 1.09. The van der Waals surface area contributed by atoms with Gasteiger partial charge in [-0.05, 0) is 59.3 Å². The molecule has 0 aliphatic heterocycles. The van der Waals surface area contributed by atoms with Crippen molar-refractivity contribution in [2.45, 2.75) is 13.5 Å². The minimum Gasteiger partial charge on any atom is -0.493 e. The van der Waals surface area contributed by atoms with Gasteiger partial charge in [0.2, 0.25) is 0 Å². The van der Waals surface area contributed by atoms with Crippen LogP contribution in [0.1, 0.15) is 33.4 Å². The minimum atomic E-state index is -0.386. The molecule has 0 saturated carbocycles. The molecule has 1 aromatic heterocycles. The van der Waals surface area contributed by atoms with E-state index in [0.29, 0.717) is 45.2 Å². The Morgan fingerprint density at radius 2 is 1.90 bits per heavy atom. The minimum absolute atomic E-state index is 0.247. The van der Waals surface area contributed by atoms with E-state index in [4.69, 9.17) is 13.9 Å². The first-order chi connectivity index (χ1) is 14.5. The van der Waals surface area contributed by atoms with Gasteiger partial charge < -0.3 is 24.5 Å². The Balaban J connectivity index is 1.79. The number of carbonyl (C=O) groups is 2. The third-order valence-corrected chi connectivity index (χ3v) is 4.79. The van der Waals surface area contributed by atoms with Crippen LogP contribution in [0.15, 0.2) is 63.7 Å². The van der Waals surface area contributed by atoms with Gasteiger partial charge in [-0.2, -0.15) is 0 Å². The second-order valence-electron chi connectivity index (χ2n) is 6.18. The molecule has 2 aromatic carbocycles. The first-order valence-corrected chi connectivity index (χ1v) is 10.0. The molecule has 156 valence electrons. The topological polar surface area (TPSA) is 89.8 Å². The summed E-state index contributed by atoms with van der Waals surface area (Å²) in [7, 11) is 1.50. The number of nitrogens with one attached hydrogen (secondary N) is 2. The molecule has 0 unspecified atom stereocenters. The number of hydrogen-bond acceptors (Lipinski definition) is 5. The Morgan fingerprint density at radius 1 is 1.10 bits per heavy atom. The molecule has 0 aliphatic rings. The van der Waals surface area contributed by atoms with Crippen LogP contribution in [-0.2, 0) is 6.54 Å². The summed E-state index contributed by atoms with van der Waals surface area (Å²) in [6.07, 6.45) is 1.54. The number of ether oxygens (including phenoxy) is 2. The Bertz CT molecular complexity index is 1030. The molecule has 30 heavy (non-hydrogen) atoms. The summed E-state index contributed by atoms with van der Waals surface area (Å²) < 4.78 is 16.7. The average Bonchev–Trinajstić information content (AvgIpc) is 3.27. The van der Waals surface area contributed by atoms with Crippen LogP contribution >= 0.6 is 15.9 Å². The van der Waals surface area contributed by atoms with Crippen molar-refractivity contribution in [1.82, 2.24) is 5.32 Å². The van der Waals surface area contributed by atoms with Crippen LogP contribution in [0.2, 0.25) is 0 Å². The van der Waals surface area contributed by atoms with E-state index in [9.17, 15) is 9.59 Å². The molecule has 7 nitrogen and oxygen atoms in total. The monoisotopic (exact) mass is 472 g/mol. The van der Waals surface area contributed by atoms with Gasteiger partial charge in [0.05, 0.1) is 42.2 Å². The summed E-state index contributed by atoms with van der Waals surface area (Å²) in [5.74, 6) is 0.877. The van der Waals surface area contributed by atoms with E-state index in [2.05, 4.69) is 26.6 Å². The van der Waals surface area contributed by atoms with Crippen molar-refractivity contribution in [1.29, 1.82) is 0 Å². The van der Waals surface area contributed by atoms with Gasteiger partial charge in [-0.3, -0.25) is 9.59 Å². The van der Waals surface area contributed by atoms with Gasteiger partial charge in [0.1, 0.15) is 5.76 Å². The SMILES string of the molecule is CCOc1c(Br)cc(C(=O)Nc2ccccc2C(=O)NCc2ccco2)cc1OC. The molecule has 3 aromatic rings. The summed E-state index contributed by atoms with van der Waals surface area (Å²) in [6.45, 7) is 2.57. The molecule has 2 amide bonds. The maximum Gasteiger partial charge on any atom is 0.255 e. The molecule has 0 atom stereocenters. The number of halogens is 1. The summed E-state index contributed by atoms with van der Waals surface area (Å²) in [4.78, 5) is 25.4. The summed E-state index contributed by atoms with van der Waals surface area (Å²) in [6, 6.07) is 13.5. The molecule has 0 bridgehead atoms. The molecular formula is C22H21BrN2O5. The van der Waals surface area contributed by atoms with Gasteiger partial charge in [0.15, 0.2) is 11.5 Å². The van der Waals surface area contributed by atoms with Crippen LogP contribution in [0.3, 0.4) is 0 Å². The number of methoxy groups -OCH3 is 1. The van der Waals surface area contributed by atoms with Gasteiger partial charge in [0.25, 0.3) is 11.8 Å². The molecule has 2 N–H and O–H groups in total. The molecule has 8 heteroatoms. The summed E-state index contributed by atoms with van der Waals surface area (Å²) in [5, 5.41) is 5.57. The predicted octanol–water partition coefficient (Wildman–Crippen LogP) is 4.63. The third-order valence-electron chi connectivity index (χ3n) is 4.20. The molecule has 0 radical (unpaired) electrons. The quantitative estimate of drug-likeness (QED) is 0.498. The fraction of sp³-hybridized carbons (Fsp3) is 0.182. The van der Waals surface area contributed by atoms with Crippen molar-refractivity contribution in [2.24, 2.45) is 0 Å². The van der Waals surface area contributed by atoms with Crippen molar-refractivity contribution >= 4 is 33.4 Å². The van der Waals surface area contributed by atoms with Crippen molar-refractivity contribution in [3.63, 3.8) is 0 Å². The fourth-order valence-electron chi connectivity index (χ4n) is 2.80. The van der Waals surface area contributed by atoms with Gasteiger partial charge in [0, 0.05) is 5.56 Å². The van der Waals surface area contributed by atoms with Crippen LogP contribution < -0.4 is 20.1 Å². The Morgan fingerprint density at radius 3 is 2.60 bits per heavy atom. The maximum absolute atomic E-state index is 12.8. The van der Waals surface area contributed by atoms with E-state index in [0.717, 1.165) is 0 Å². The first kappa shape index (κ1) is 21.4. The van der Waals surface area contributed by atoms with Crippen molar-refractivity contribution in [3.05, 3.63) is 76.2 Å².